The van der Waals surface area contributed by atoms with Gasteiger partial charge in [-0.25, -0.2) is 13.4 Å². The molecule has 2 aromatic rings. The number of hydrogen-bond donors (Lipinski definition) is 1. The van der Waals surface area contributed by atoms with Crippen molar-refractivity contribution in [2.75, 3.05) is 31.6 Å². The molecule has 2 N–H and O–H groups in total. The summed E-state index contributed by atoms with van der Waals surface area (Å²) in [4.78, 5) is 3.38. The van der Waals surface area contributed by atoms with Gasteiger partial charge in [0.15, 0.2) is 0 Å². The molecule has 1 aliphatic carbocycles. The molecular weight excluding hydrogens is 374 g/mol. The highest BCUT2D eigenvalue weighted by Crippen LogP contribution is 2.26. The van der Waals surface area contributed by atoms with Crippen molar-refractivity contribution >= 4 is 15.8 Å². The second-order valence-electron chi connectivity index (χ2n) is 7.56. The number of hydrogen-bond acceptors (Lipinski definition) is 4. The van der Waals surface area contributed by atoms with E-state index in [9.17, 15) is 8.42 Å². The maximum absolute atomic E-state index is 12.7. The average Bonchev–Trinajstić information content (AvgIpc) is 2.74. The van der Waals surface area contributed by atoms with Crippen LogP contribution in [0.25, 0.3) is 0 Å². The van der Waals surface area contributed by atoms with Gasteiger partial charge in [0.1, 0.15) is 17.1 Å². The van der Waals surface area contributed by atoms with Crippen LogP contribution in [-0.4, -0.2) is 39.0 Å². The predicted molar refractivity (Wildman–Crippen MR) is 108 cm³/mol. The molecule has 150 valence electrons. The molecule has 2 heterocycles. The highest BCUT2D eigenvalue weighted by atomic mass is 32.2. The summed E-state index contributed by atoms with van der Waals surface area (Å²) in [5.74, 6) is 0.797. The molecule has 1 aliphatic heterocycles. The number of nitrogens with zero attached hydrogens (tertiary/aromatic N) is 1. The summed E-state index contributed by atoms with van der Waals surface area (Å²) in [7, 11) is -3.48. The van der Waals surface area contributed by atoms with Crippen LogP contribution in [0.1, 0.15) is 42.5 Å². The zero-order valence-corrected chi connectivity index (χ0v) is 17.1. The first kappa shape index (κ1) is 19.4. The third-order valence-corrected chi connectivity index (χ3v) is 7.53. The van der Waals surface area contributed by atoms with Gasteiger partial charge in [-0.15, -0.1) is 0 Å². The summed E-state index contributed by atoms with van der Waals surface area (Å²) in [6.07, 6.45) is 6.47. The largest absolute Gasteiger partial charge is 0.379 e. The molecule has 4 rings (SSSR count). The first-order chi connectivity index (χ1) is 13.5. The number of sulfonamides is 1. The number of nitrogens with one attached hydrogen (secondary N) is 2. The van der Waals surface area contributed by atoms with Gasteiger partial charge in [-0.3, -0.25) is 5.32 Å². The van der Waals surface area contributed by atoms with Crippen molar-refractivity contribution in [3.8, 4) is 0 Å². The molecule has 0 unspecified atom stereocenters. The van der Waals surface area contributed by atoms with Gasteiger partial charge in [0.05, 0.1) is 13.2 Å². The molecule has 1 aromatic heterocycles. The molecule has 1 aromatic carbocycles. The van der Waals surface area contributed by atoms with Gasteiger partial charge in [0.2, 0.25) is 10.0 Å². The molecule has 28 heavy (non-hydrogen) atoms. The molecule has 0 spiro atoms. The van der Waals surface area contributed by atoms with Gasteiger partial charge >= 0.3 is 0 Å². The normalized spacial score (nSPS) is 19.0. The topological polar surface area (TPSA) is 72.8 Å². The molecule has 0 radical (unpaired) electrons. The Morgan fingerprint density at radius 3 is 2.54 bits per heavy atom. The number of pyridine rings is 1. The maximum Gasteiger partial charge on any atom is 0.272 e. The van der Waals surface area contributed by atoms with Crippen molar-refractivity contribution in [1.82, 2.24) is 4.31 Å². The van der Waals surface area contributed by atoms with E-state index in [1.54, 1.807) is 18.3 Å². The molecule has 0 bridgehead atoms. The second kappa shape index (κ2) is 8.19. The highest BCUT2D eigenvalue weighted by Gasteiger charge is 2.27. The lowest BCUT2D eigenvalue weighted by molar-refractivity contribution is -0.364. The summed E-state index contributed by atoms with van der Waals surface area (Å²) in [5.41, 5.74) is 4.19. The molecule has 1 fully saturated rings. The Kier molecular flexibility index (Phi) is 5.66. The quantitative estimate of drug-likeness (QED) is 0.834. The van der Waals surface area contributed by atoms with E-state index in [1.165, 1.54) is 40.3 Å². The number of aryl methyl sites for hydroxylation is 2. The molecule has 1 saturated heterocycles. The number of H-pyrrole nitrogens is 1. The summed E-state index contributed by atoms with van der Waals surface area (Å²) in [6.45, 7) is 3.81. The lowest BCUT2D eigenvalue weighted by Gasteiger charge is -2.25. The fraction of sp³-hybridized carbons (Fsp3) is 0.476. The number of rotatable bonds is 5. The number of anilines is 1. The zero-order chi connectivity index (χ0) is 19.6. The fourth-order valence-electron chi connectivity index (χ4n) is 3.94. The maximum atomic E-state index is 12.7. The van der Waals surface area contributed by atoms with Gasteiger partial charge in [-0.1, -0.05) is 18.2 Å². The number of ether oxygens (including phenoxy) is 1. The predicted octanol–water partition coefficient (Wildman–Crippen LogP) is 2.57. The third-order valence-electron chi connectivity index (χ3n) is 5.64. The van der Waals surface area contributed by atoms with Crippen LogP contribution in [0.3, 0.4) is 0 Å². The van der Waals surface area contributed by atoms with Crippen molar-refractivity contribution in [3.63, 3.8) is 0 Å². The lowest BCUT2D eigenvalue weighted by Crippen LogP contribution is -2.40. The molecule has 2 aliphatic rings. The van der Waals surface area contributed by atoms with Gasteiger partial charge < -0.3 is 4.74 Å². The van der Waals surface area contributed by atoms with Gasteiger partial charge in [-0.05, 0) is 55.4 Å². The van der Waals surface area contributed by atoms with E-state index in [1.807, 2.05) is 0 Å². The molecular formula is C21H28N3O3S+. The van der Waals surface area contributed by atoms with Crippen LogP contribution in [0.5, 0.6) is 0 Å². The Morgan fingerprint density at radius 2 is 1.82 bits per heavy atom. The number of benzene rings is 1. The van der Waals surface area contributed by atoms with Crippen molar-refractivity contribution < 1.29 is 18.1 Å². The molecule has 0 saturated carbocycles. The Morgan fingerprint density at radius 1 is 1.07 bits per heavy atom. The number of fused-ring (bicyclic) bond motifs is 1. The van der Waals surface area contributed by atoms with Crippen LogP contribution in [-0.2, 0) is 27.6 Å². The monoisotopic (exact) mass is 402 g/mol. The van der Waals surface area contributed by atoms with Crippen LogP contribution < -0.4 is 10.3 Å². The Balaban J connectivity index is 1.45. The number of aromatic nitrogens is 1. The standard InChI is InChI=1S/C21H27N3O3S/c1-16(18-7-6-17-4-2-3-5-19(17)14-18)23-21-9-8-20(15-22-21)28(25,26)24-10-12-27-13-11-24/h6-9,14-16H,2-5,10-13H2,1H3,(H,22,23)/p+1/t16-/m0/s1. The van der Waals surface area contributed by atoms with Gasteiger partial charge in [0.25, 0.3) is 5.82 Å². The van der Waals surface area contributed by atoms with Crippen LogP contribution in [0.15, 0.2) is 41.4 Å². The zero-order valence-electron chi connectivity index (χ0n) is 16.3. The van der Waals surface area contributed by atoms with Crippen LogP contribution in [0.2, 0.25) is 0 Å². The fourth-order valence-corrected chi connectivity index (χ4v) is 5.31. The van der Waals surface area contributed by atoms with Gasteiger partial charge in [-0.2, -0.15) is 4.31 Å². The van der Waals surface area contributed by atoms with E-state index in [2.05, 4.69) is 35.4 Å². The van der Waals surface area contributed by atoms with Crippen LogP contribution in [0.4, 0.5) is 5.82 Å². The first-order valence-corrected chi connectivity index (χ1v) is 11.5. The van der Waals surface area contributed by atoms with E-state index >= 15 is 0 Å². The second-order valence-corrected chi connectivity index (χ2v) is 9.49. The number of morpholine rings is 1. The lowest BCUT2D eigenvalue weighted by atomic mass is 9.89. The number of aromatic amines is 1. The Labute approximate surface area is 167 Å². The molecule has 6 nitrogen and oxygen atoms in total. The van der Waals surface area contributed by atoms with Crippen molar-refractivity contribution in [3.05, 3.63) is 53.2 Å². The van der Waals surface area contributed by atoms with Crippen molar-refractivity contribution in [1.29, 1.82) is 0 Å². The average molecular weight is 403 g/mol. The van der Waals surface area contributed by atoms with E-state index in [0.717, 1.165) is 12.2 Å². The van der Waals surface area contributed by atoms with Crippen molar-refractivity contribution in [2.24, 2.45) is 0 Å². The minimum Gasteiger partial charge on any atom is -0.379 e. The summed E-state index contributed by atoms with van der Waals surface area (Å²) in [6, 6.07) is 10.3. The smallest absolute Gasteiger partial charge is 0.272 e. The van der Waals surface area contributed by atoms with Crippen molar-refractivity contribution in [2.45, 2.75) is 43.5 Å². The first-order valence-electron chi connectivity index (χ1n) is 10.0. The van der Waals surface area contributed by atoms with E-state index in [0.29, 0.717) is 26.3 Å². The summed E-state index contributed by atoms with van der Waals surface area (Å²) in [5, 5.41) is 3.44. The minimum atomic E-state index is -3.48. The van der Waals surface area contributed by atoms with Crippen LogP contribution in [0, 0.1) is 0 Å². The van der Waals surface area contributed by atoms with E-state index < -0.39 is 10.0 Å². The summed E-state index contributed by atoms with van der Waals surface area (Å²) < 4.78 is 32.1. The SMILES string of the molecule is C[C@H](Nc1ccc(S(=O)(=O)N2CCOCC2)c[nH+]1)c1ccc2c(c1)CCCC2. The summed E-state index contributed by atoms with van der Waals surface area (Å²) >= 11 is 0. The Bertz CT molecular complexity index is 922. The Hall–Kier alpha value is -1.96. The van der Waals surface area contributed by atoms with E-state index in [4.69, 9.17) is 4.74 Å². The van der Waals surface area contributed by atoms with Crippen LogP contribution >= 0.6 is 0 Å². The minimum absolute atomic E-state index is 0.130. The molecule has 1 atom stereocenters. The third kappa shape index (κ3) is 4.06. The molecule has 7 heteroatoms. The molecule has 0 amide bonds. The van der Waals surface area contributed by atoms with E-state index in [-0.39, 0.29) is 10.9 Å². The van der Waals surface area contributed by atoms with Gasteiger partial charge in [0, 0.05) is 19.2 Å². The highest BCUT2D eigenvalue weighted by molar-refractivity contribution is 7.89.